The lowest BCUT2D eigenvalue weighted by atomic mass is 10.0. The molecule has 1 N–H and O–H groups in total. The molecule has 1 atom stereocenters. The summed E-state index contributed by atoms with van der Waals surface area (Å²) < 4.78 is 2.14. The maximum atomic E-state index is 4.55. The number of likely N-dealkylation sites (N-methyl/N-ethyl adjacent to an activating group) is 1. The molecule has 2 aromatic rings. The monoisotopic (exact) mass is 305 g/mol. The molecule has 0 aliphatic rings. The van der Waals surface area contributed by atoms with Crippen LogP contribution in [0, 0.1) is 6.92 Å². The highest BCUT2D eigenvalue weighted by molar-refractivity contribution is 7.09. The highest BCUT2D eigenvalue weighted by Crippen LogP contribution is 2.15. The van der Waals surface area contributed by atoms with Gasteiger partial charge in [-0.05, 0) is 57.2 Å². The van der Waals surface area contributed by atoms with E-state index in [1.807, 2.05) is 11.3 Å². The van der Waals surface area contributed by atoms with Gasteiger partial charge in [-0.25, -0.2) is 0 Å². The highest BCUT2D eigenvalue weighted by Gasteiger charge is 2.12. The molecule has 0 bridgehead atoms. The first-order valence-electron chi connectivity index (χ1n) is 8.02. The Hall–Kier alpha value is -1.13. The number of thiophene rings is 1. The van der Waals surface area contributed by atoms with Crippen molar-refractivity contribution in [2.45, 2.75) is 59.0 Å². The van der Waals surface area contributed by atoms with Crippen molar-refractivity contribution in [3.8, 4) is 0 Å². The van der Waals surface area contributed by atoms with Gasteiger partial charge in [0.2, 0.25) is 0 Å². The fraction of sp³-hybridized carbons (Fsp3) is 0.588. The van der Waals surface area contributed by atoms with Gasteiger partial charge in [0.15, 0.2) is 0 Å². The van der Waals surface area contributed by atoms with Crippen LogP contribution in [0.15, 0.2) is 23.6 Å². The number of aromatic nitrogens is 2. The molecule has 0 saturated carbocycles. The van der Waals surface area contributed by atoms with Gasteiger partial charge in [-0.15, -0.1) is 11.3 Å². The third kappa shape index (κ3) is 4.97. The fourth-order valence-electron chi connectivity index (χ4n) is 2.83. The van der Waals surface area contributed by atoms with Crippen LogP contribution in [0.3, 0.4) is 0 Å². The van der Waals surface area contributed by atoms with E-state index in [2.05, 4.69) is 59.4 Å². The van der Waals surface area contributed by atoms with Gasteiger partial charge in [0, 0.05) is 29.6 Å². The number of aryl methyl sites for hydroxylation is 3. The maximum absolute atomic E-state index is 4.55. The number of rotatable bonds is 9. The number of nitrogens with one attached hydrogen (secondary N) is 1. The van der Waals surface area contributed by atoms with Crippen LogP contribution in [-0.4, -0.2) is 22.4 Å². The van der Waals surface area contributed by atoms with Gasteiger partial charge < -0.3 is 5.32 Å². The Morgan fingerprint density at radius 2 is 2.24 bits per heavy atom. The minimum atomic E-state index is 0.552. The molecule has 0 radical (unpaired) electrons. The van der Waals surface area contributed by atoms with E-state index < -0.39 is 0 Å². The summed E-state index contributed by atoms with van der Waals surface area (Å²) in [7, 11) is 0. The molecular formula is C17H27N3S. The van der Waals surface area contributed by atoms with Gasteiger partial charge in [0.1, 0.15) is 0 Å². The quantitative estimate of drug-likeness (QED) is 0.763. The first-order chi connectivity index (χ1) is 10.2. The van der Waals surface area contributed by atoms with E-state index in [0.717, 1.165) is 25.2 Å². The smallest absolute Gasteiger partial charge is 0.0596 e. The maximum Gasteiger partial charge on any atom is 0.0596 e. The molecule has 3 nitrogen and oxygen atoms in total. The second kappa shape index (κ2) is 8.35. The van der Waals surface area contributed by atoms with Crippen LogP contribution in [0.25, 0.3) is 0 Å². The van der Waals surface area contributed by atoms with Crippen LogP contribution in [-0.2, 0) is 19.4 Å². The van der Waals surface area contributed by atoms with Gasteiger partial charge in [0.25, 0.3) is 0 Å². The first-order valence-corrected chi connectivity index (χ1v) is 8.90. The van der Waals surface area contributed by atoms with Gasteiger partial charge in [-0.1, -0.05) is 13.0 Å². The molecule has 21 heavy (non-hydrogen) atoms. The third-order valence-electron chi connectivity index (χ3n) is 3.79. The molecule has 1 unspecified atom stereocenters. The van der Waals surface area contributed by atoms with E-state index in [1.165, 1.54) is 29.8 Å². The van der Waals surface area contributed by atoms with Crippen molar-refractivity contribution in [3.05, 3.63) is 39.8 Å². The van der Waals surface area contributed by atoms with Gasteiger partial charge >= 0.3 is 0 Å². The van der Waals surface area contributed by atoms with Gasteiger partial charge in [-0.2, -0.15) is 5.10 Å². The minimum Gasteiger partial charge on any atom is -0.314 e. The standard InChI is InChI=1S/C17H27N3S/c1-4-18-15(8-6-9-17-10-7-11-21-17)13-16-12-14(3)19-20(16)5-2/h7,10-12,15,18H,4-6,8-9,13H2,1-3H3. The molecule has 0 saturated heterocycles. The zero-order valence-electron chi connectivity index (χ0n) is 13.4. The summed E-state index contributed by atoms with van der Waals surface area (Å²) in [5.41, 5.74) is 2.48. The Bertz CT molecular complexity index is 516. The average Bonchev–Trinajstić information content (AvgIpc) is 3.08. The van der Waals surface area contributed by atoms with Gasteiger partial charge in [0.05, 0.1) is 5.69 Å². The summed E-state index contributed by atoms with van der Waals surface area (Å²) >= 11 is 1.87. The Morgan fingerprint density at radius 3 is 2.90 bits per heavy atom. The van der Waals surface area contributed by atoms with Crippen molar-refractivity contribution in [2.75, 3.05) is 6.54 Å². The minimum absolute atomic E-state index is 0.552. The molecule has 4 heteroatoms. The lowest BCUT2D eigenvalue weighted by Crippen LogP contribution is -2.31. The summed E-state index contributed by atoms with van der Waals surface area (Å²) in [4.78, 5) is 1.50. The molecule has 0 aromatic carbocycles. The summed E-state index contributed by atoms with van der Waals surface area (Å²) in [5.74, 6) is 0. The number of nitrogens with zero attached hydrogens (tertiary/aromatic N) is 2. The molecule has 0 spiro atoms. The molecule has 116 valence electrons. The molecule has 2 aromatic heterocycles. The Balaban J connectivity index is 1.88. The normalized spacial score (nSPS) is 12.7. The third-order valence-corrected chi connectivity index (χ3v) is 4.73. The highest BCUT2D eigenvalue weighted by atomic mass is 32.1. The van der Waals surface area contributed by atoms with E-state index in [4.69, 9.17) is 0 Å². The summed E-state index contributed by atoms with van der Waals surface area (Å²) in [6.45, 7) is 8.42. The van der Waals surface area contributed by atoms with E-state index in [-0.39, 0.29) is 0 Å². The Morgan fingerprint density at radius 1 is 1.38 bits per heavy atom. The molecule has 0 fully saturated rings. The summed E-state index contributed by atoms with van der Waals surface area (Å²) in [6, 6.07) is 7.16. The first kappa shape index (κ1) is 16.2. The SMILES string of the molecule is CCNC(CCCc1cccs1)Cc1cc(C)nn1CC. The molecule has 0 aliphatic carbocycles. The predicted octanol–water partition coefficient (Wildman–Crippen LogP) is 3.82. The van der Waals surface area contributed by atoms with Crippen molar-refractivity contribution in [3.63, 3.8) is 0 Å². The lowest BCUT2D eigenvalue weighted by Gasteiger charge is -2.18. The Kier molecular flexibility index (Phi) is 6.46. The molecule has 2 rings (SSSR count). The second-order valence-corrected chi connectivity index (χ2v) is 6.56. The van der Waals surface area contributed by atoms with Crippen LogP contribution in [0.2, 0.25) is 0 Å². The van der Waals surface area contributed by atoms with Crippen LogP contribution in [0.5, 0.6) is 0 Å². The summed E-state index contributed by atoms with van der Waals surface area (Å²) in [6.07, 6.45) is 4.75. The second-order valence-electron chi connectivity index (χ2n) is 5.52. The topological polar surface area (TPSA) is 29.9 Å². The Labute approximate surface area is 132 Å². The number of hydrogen-bond acceptors (Lipinski definition) is 3. The molecular weight excluding hydrogens is 278 g/mol. The van der Waals surface area contributed by atoms with Crippen LogP contribution < -0.4 is 5.32 Å². The number of hydrogen-bond donors (Lipinski definition) is 1. The zero-order chi connectivity index (χ0) is 15.1. The predicted molar refractivity (Wildman–Crippen MR) is 91.1 cm³/mol. The van der Waals surface area contributed by atoms with E-state index in [0.29, 0.717) is 6.04 Å². The van der Waals surface area contributed by atoms with Gasteiger partial charge in [-0.3, -0.25) is 4.68 Å². The average molecular weight is 305 g/mol. The fourth-order valence-corrected chi connectivity index (χ4v) is 3.58. The molecule has 2 heterocycles. The van der Waals surface area contributed by atoms with Crippen molar-refractivity contribution in [1.29, 1.82) is 0 Å². The molecule has 0 amide bonds. The largest absolute Gasteiger partial charge is 0.314 e. The van der Waals surface area contributed by atoms with Crippen molar-refractivity contribution >= 4 is 11.3 Å². The lowest BCUT2D eigenvalue weighted by molar-refractivity contribution is 0.460. The van der Waals surface area contributed by atoms with Crippen molar-refractivity contribution in [1.82, 2.24) is 15.1 Å². The molecule has 0 aliphatic heterocycles. The van der Waals surface area contributed by atoms with Crippen LogP contribution >= 0.6 is 11.3 Å². The van der Waals surface area contributed by atoms with Crippen LogP contribution in [0.4, 0.5) is 0 Å². The van der Waals surface area contributed by atoms with E-state index >= 15 is 0 Å². The van der Waals surface area contributed by atoms with E-state index in [1.54, 1.807) is 0 Å². The van der Waals surface area contributed by atoms with Crippen LogP contribution in [0.1, 0.15) is 43.0 Å². The van der Waals surface area contributed by atoms with Crippen molar-refractivity contribution < 1.29 is 0 Å². The van der Waals surface area contributed by atoms with E-state index in [9.17, 15) is 0 Å². The van der Waals surface area contributed by atoms with Crippen molar-refractivity contribution in [2.24, 2.45) is 0 Å². The zero-order valence-corrected chi connectivity index (χ0v) is 14.2. The summed E-state index contributed by atoms with van der Waals surface area (Å²) in [5, 5.41) is 10.4.